The second-order valence-corrected chi connectivity index (χ2v) is 5.92. The van der Waals surface area contributed by atoms with Gasteiger partial charge in [-0.3, -0.25) is 28.8 Å². The maximum absolute atomic E-state index is 10.8. The quantitative estimate of drug-likeness (QED) is 0.113. The van der Waals surface area contributed by atoms with Crippen molar-refractivity contribution in [2.75, 3.05) is 13.1 Å². The van der Waals surface area contributed by atoms with Crippen LogP contribution in [0, 0.1) is 0 Å². The first-order valence-corrected chi connectivity index (χ1v) is 8.67. The number of nitrogens with zero attached hydrogens (tertiary/aromatic N) is 2. The molecule has 0 saturated heterocycles. The van der Waals surface area contributed by atoms with Gasteiger partial charge in [-0.15, -0.1) is 0 Å². The Morgan fingerprint density at radius 3 is 0.875 bits per heavy atom. The number of aliphatic carboxylic acids is 3. The van der Waals surface area contributed by atoms with Crippen molar-refractivity contribution in [3.63, 3.8) is 0 Å². The molecule has 0 atom stereocenters. The van der Waals surface area contributed by atoms with Crippen LogP contribution in [0.15, 0.2) is 0 Å². The van der Waals surface area contributed by atoms with E-state index in [-0.39, 0.29) is 230 Å². The van der Waals surface area contributed by atoms with Crippen molar-refractivity contribution in [2.45, 2.75) is 46.1 Å². The zero-order valence-electron chi connectivity index (χ0n) is 32.0. The first kappa shape index (κ1) is 65.8. The Morgan fingerprint density at radius 2 is 0.750 bits per heavy atom. The summed E-state index contributed by atoms with van der Waals surface area (Å²) in [6.45, 7) is 3.97. The Bertz CT molecular complexity index is 721. The van der Waals surface area contributed by atoms with E-state index < -0.39 is 60.2 Å². The third-order valence-corrected chi connectivity index (χ3v) is 2.67. The number of carbonyl (C=O) groups excluding carboxylic acids is 4. The first-order valence-electron chi connectivity index (χ1n) is 8.67. The van der Waals surface area contributed by atoms with Crippen LogP contribution in [0.4, 0.5) is 0 Å². The average molecular weight is 652 g/mol. The zero-order chi connectivity index (χ0) is 26.4. The summed E-state index contributed by atoms with van der Waals surface area (Å²) in [7, 11) is 0. The van der Waals surface area contributed by atoms with E-state index in [1.807, 2.05) is 0 Å². The molecule has 0 amide bonds. The molecule has 0 aliphatic heterocycles. The minimum atomic E-state index is -2.74. The number of hydrogen-bond acceptors (Lipinski definition) is 14. The van der Waals surface area contributed by atoms with Crippen molar-refractivity contribution in [1.29, 1.82) is 0 Å². The van der Waals surface area contributed by atoms with Crippen LogP contribution in [0.2, 0.25) is 0 Å². The molecular weight excluding hydrogens is 621 g/mol. The minimum Gasteiger partial charge on any atom is -1.00 e. The Hall–Kier alpha value is 3.17. The summed E-state index contributed by atoms with van der Waals surface area (Å²) in [5, 5.41) is 35.0. The van der Waals surface area contributed by atoms with Crippen molar-refractivity contribution in [3.05, 3.63) is 0 Å². The number of rotatable bonds is 12. The maximum Gasteiger partial charge on any atom is 1.00 e. The summed E-state index contributed by atoms with van der Waals surface area (Å²) < 4.78 is 0. The topological polar surface area (TPSA) is 244 Å². The fraction of sp³-hybridized carbons (Fsp3) is 0.562. The van der Waals surface area contributed by atoms with Crippen LogP contribution in [0.5, 0.6) is 0 Å². The molecule has 0 aliphatic rings. The van der Waals surface area contributed by atoms with Gasteiger partial charge >= 0.3 is 249 Å². The van der Waals surface area contributed by atoms with Crippen LogP contribution < -0.4 is 207 Å². The minimum absolute atomic E-state index is 0. The molecule has 4 N–H and O–H groups in total. The molecule has 202 valence electrons. The van der Waals surface area contributed by atoms with Gasteiger partial charge in [-0.2, -0.15) is 0 Å². The molecular formula is C16H31N2Na7O15. The summed E-state index contributed by atoms with van der Waals surface area (Å²) in [5.41, 5.74) is -2.74. The van der Waals surface area contributed by atoms with Crippen molar-refractivity contribution in [2.24, 2.45) is 0 Å². The Balaban J connectivity index is -0.0000000234. The fourth-order valence-electron chi connectivity index (χ4n) is 1.67. The van der Waals surface area contributed by atoms with Gasteiger partial charge in [-0.1, -0.05) is 0 Å². The molecule has 0 fully saturated rings. The molecule has 0 heterocycles. The number of hydroxylamine groups is 4. The molecule has 0 radical (unpaired) electrons. The number of hydrogen-bond donors (Lipinski definition) is 4. The van der Waals surface area contributed by atoms with Crippen molar-refractivity contribution >= 4 is 41.8 Å². The second-order valence-electron chi connectivity index (χ2n) is 5.92. The molecule has 0 saturated carbocycles. The van der Waals surface area contributed by atoms with Crippen molar-refractivity contribution in [3.8, 4) is 0 Å². The van der Waals surface area contributed by atoms with Gasteiger partial charge in [-0.05, 0) is 0 Å². The smallest absolute Gasteiger partial charge is 1.00 e. The Kier molecular flexibility index (Phi) is 60.2. The molecule has 0 aromatic carbocycles. The van der Waals surface area contributed by atoms with Gasteiger partial charge in [0.05, 0.1) is 25.9 Å². The van der Waals surface area contributed by atoms with Crippen molar-refractivity contribution < 1.29 is 290 Å². The van der Waals surface area contributed by atoms with Gasteiger partial charge in [-0.25, -0.2) is 4.79 Å². The number of carboxylic acid groups (broad SMARTS) is 3. The van der Waals surface area contributed by atoms with Crippen LogP contribution in [0.1, 0.15) is 50.5 Å². The summed E-state index contributed by atoms with van der Waals surface area (Å²) in [6, 6.07) is 0. The monoisotopic (exact) mass is 652 g/mol. The molecule has 0 aliphatic carbocycles. The molecule has 0 unspecified atom stereocenters. The van der Waals surface area contributed by atoms with Crippen LogP contribution in [-0.4, -0.2) is 91.4 Å². The van der Waals surface area contributed by atoms with E-state index in [4.69, 9.17) is 20.4 Å². The van der Waals surface area contributed by atoms with E-state index in [0.717, 1.165) is 27.7 Å². The summed E-state index contributed by atoms with van der Waals surface area (Å²) in [6.07, 6.45) is -2.29. The van der Waals surface area contributed by atoms with E-state index in [1.165, 1.54) is 0 Å². The predicted molar refractivity (Wildman–Crippen MR) is 105 cm³/mol. The molecule has 0 spiro atoms. The SMILES string of the molecule is CC(=O)ON(CCN(OC(C)=O)OC(C)=O)OC(C)=O.O=C(O)CC(O)(CC(=O)O)C(=O)O.[H-].[H-].[H-].[H-].[H-].[H-].[H-].[Na+].[Na+].[Na+].[Na+].[Na+].[Na+].[Na+]. The van der Waals surface area contributed by atoms with Crippen LogP contribution in [0.25, 0.3) is 0 Å². The van der Waals surface area contributed by atoms with Gasteiger partial charge < -0.3 is 49.8 Å². The Morgan fingerprint density at radius 1 is 0.550 bits per heavy atom. The van der Waals surface area contributed by atoms with Crippen molar-refractivity contribution in [1.82, 2.24) is 10.5 Å². The maximum atomic E-state index is 10.8. The van der Waals surface area contributed by atoms with E-state index in [9.17, 15) is 33.6 Å². The van der Waals surface area contributed by atoms with Gasteiger partial charge in [0.2, 0.25) is 0 Å². The molecule has 0 aromatic rings. The van der Waals surface area contributed by atoms with Gasteiger partial charge in [0, 0.05) is 38.1 Å². The number of carbonyl (C=O) groups is 7. The molecule has 40 heavy (non-hydrogen) atoms. The van der Waals surface area contributed by atoms with Gasteiger partial charge in [0.25, 0.3) is 0 Å². The van der Waals surface area contributed by atoms with Crippen LogP contribution in [-0.2, 0) is 52.9 Å². The normalized spacial score (nSPS) is 8.57. The molecule has 0 rings (SSSR count). The third kappa shape index (κ3) is 41.2. The first-order chi connectivity index (χ1) is 15.0. The summed E-state index contributed by atoms with van der Waals surface area (Å²) in [4.78, 5) is 91.9. The van der Waals surface area contributed by atoms with Gasteiger partial charge in [0.1, 0.15) is 0 Å². The standard InChI is InChI=1S/C10H16N2O8.C6H8O7.7Na.7H/c1-7(13)17-11(18-8(2)14)5-6-12(19-9(3)15)20-10(4)16;7-3(8)1-6(13,5(11)12)2-4(9)10;;;;;;;;;;;;;;/h5-6H2,1-4H3;13H,1-2H2,(H,7,8)(H,9,10)(H,11,12);;;;;;;;;;;;;;/q;;7*+1;7*-1. The third-order valence-electron chi connectivity index (χ3n) is 2.67. The summed E-state index contributed by atoms with van der Waals surface area (Å²) in [5.74, 6) is -7.92. The molecule has 17 nitrogen and oxygen atoms in total. The van der Waals surface area contributed by atoms with E-state index in [1.54, 1.807) is 0 Å². The Labute approximate surface area is 395 Å². The summed E-state index contributed by atoms with van der Waals surface area (Å²) >= 11 is 0. The largest absolute Gasteiger partial charge is 1.00 e. The fourth-order valence-corrected chi connectivity index (χ4v) is 1.67. The molecule has 24 heteroatoms. The molecule has 0 bridgehead atoms. The van der Waals surface area contributed by atoms with E-state index in [0.29, 0.717) is 10.5 Å². The molecule has 0 aromatic heterocycles. The van der Waals surface area contributed by atoms with Crippen LogP contribution >= 0.6 is 0 Å². The number of carboxylic acids is 3. The average Bonchev–Trinajstić information content (AvgIpc) is 2.56. The predicted octanol–water partition coefficient (Wildman–Crippen LogP) is -21.9. The number of aliphatic hydroxyl groups is 1. The van der Waals surface area contributed by atoms with Gasteiger partial charge in [0.15, 0.2) is 5.60 Å². The van der Waals surface area contributed by atoms with Crippen LogP contribution in [0.3, 0.4) is 0 Å². The van der Waals surface area contributed by atoms with E-state index in [2.05, 4.69) is 19.4 Å². The zero-order valence-corrected chi connectivity index (χ0v) is 39.0. The van der Waals surface area contributed by atoms with E-state index >= 15 is 0 Å². The second kappa shape index (κ2) is 36.6.